The standard InChI is InChI=1S/C17H23N3O5S/c1-17(2,3)24-16(21)18-12-8-7-11-14-15(20-25-19-14)26(22,23)13-9-5-4-6-10-13/h4-6,9-10H,7-8,11-12H2,1-3H3,(H,18,21). The molecule has 0 bridgehead atoms. The molecular weight excluding hydrogens is 358 g/mol. The first-order valence-electron chi connectivity index (χ1n) is 8.28. The molecule has 0 saturated heterocycles. The number of unbranched alkanes of at least 4 members (excludes halogenated alkanes) is 1. The maximum Gasteiger partial charge on any atom is 0.407 e. The molecule has 142 valence electrons. The van der Waals surface area contributed by atoms with Crippen LogP contribution < -0.4 is 5.32 Å². The van der Waals surface area contributed by atoms with Crippen LogP contribution in [0.5, 0.6) is 0 Å². The molecule has 26 heavy (non-hydrogen) atoms. The van der Waals surface area contributed by atoms with E-state index in [0.29, 0.717) is 25.8 Å². The third-order valence-electron chi connectivity index (χ3n) is 3.34. The lowest BCUT2D eigenvalue weighted by Crippen LogP contribution is -2.33. The average Bonchev–Trinajstić information content (AvgIpc) is 3.03. The van der Waals surface area contributed by atoms with Crippen LogP contribution in [0, 0.1) is 0 Å². The van der Waals surface area contributed by atoms with Crippen LogP contribution in [0.3, 0.4) is 0 Å². The van der Waals surface area contributed by atoms with E-state index in [9.17, 15) is 13.2 Å². The number of aromatic nitrogens is 2. The lowest BCUT2D eigenvalue weighted by Gasteiger charge is -2.19. The number of ether oxygens (including phenoxy) is 1. The summed E-state index contributed by atoms with van der Waals surface area (Å²) >= 11 is 0. The summed E-state index contributed by atoms with van der Waals surface area (Å²) in [4.78, 5) is 11.7. The van der Waals surface area contributed by atoms with Gasteiger partial charge in [0.2, 0.25) is 14.9 Å². The summed E-state index contributed by atoms with van der Waals surface area (Å²) in [6.45, 7) is 5.79. The third-order valence-corrected chi connectivity index (χ3v) is 5.05. The number of aryl methyl sites for hydroxylation is 1. The maximum atomic E-state index is 12.6. The Hall–Kier alpha value is -2.42. The number of amides is 1. The van der Waals surface area contributed by atoms with Gasteiger partial charge in [-0.2, -0.15) is 0 Å². The Morgan fingerprint density at radius 1 is 1.15 bits per heavy atom. The number of hydrogen-bond donors (Lipinski definition) is 1. The number of sulfone groups is 1. The Bertz CT molecular complexity index is 826. The van der Waals surface area contributed by atoms with Crippen LogP contribution >= 0.6 is 0 Å². The molecule has 8 nitrogen and oxygen atoms in total. The SMILES string of the molecule is CC(C)(C)OC(=O)NCCCCc1nonc1S(=O)(=O)c1ccccc1. The summed E-state index contributed by atoms with van der Waals surface area (Å²) in [6, 6.07) is 8.01. The first kappa shape index (κ1) is 19.9. The van der Waals surface area contributed by atoms with Gasteiger partial charge < -0.3 is 10.1 Å². The van der Waals surface area contributed by atoms with Crippen molar-refractivity contribution >= 4 is 15.9 Å². The van der Waals surface area contributed by atoms with Gasteiger partial charge in [0.1, 0.15) is 11.3 Å². The molecule has 0 saturated carbocycles. The quantitative estimate of drug-likeness (QED) is 0.734. The fraction of sp³-hybridized carbons (Fsp3) is 0.471. The second-order valence-electron chi connectivity index (χ2n) is 6.72. The summed E-state index contributed by atoms with van der Waals surface area (Å²) in [5.41, 5.74) is -0.261. The van der Waals surface area contributed by atoms with Crippen molar-refractivity contribution in [3.8, 4) is 0 Å². The number of nitrogens with one attached hydrogen (secondary N) is 1. The number of hydrogen-bond acceptors (Lipinski definition) is 7. The minimum Gasteiger partial charge on any atom is -0.444 e. The number of carbonyl (C=O) groups excluding carboxylic acids is 1. The van der Waals surface area contributed by atoms with E-state index in [4.69, 9.17) is 4.74 Å². The summed E-state index contributed by atoms with van der Waals surface area (Å²) in [5, 5.41) is 9.77. The van der Waals surface area contributed by atoms with Crippen LogP contribution in [0.15, 0.2) is 44.9 Å². The van der Waals surface area contributed by atoms with E-state index in [1.807, 2.05) is 0 Å². The topological polar surface area (TPSA) is 111 Å². The van der Waals surface area contributed by atoms with Crippen LogP contribution in [0.25, 0.3) is 0 Å². The molecule has 9 heteroatoms. The predicted octanol–water partition coefficient (Wildman–Crippen LogP) is 2.75. The Morgan fingerprint density at radius 2 is 1.85 bits per heavy atom. The first-order valence-corrected chi connectivity index (χ1v) is 9.77. The molecule has 1 amide bonds. The van der Waals surface area contributed by atoms with Crippen LogP contribution in [0.2, 0.25) is 0 Å². The number of nitrogens with zero attached hydrogens (tertiary/aromatic N) is 2. The van der Waals surface area contributed by atoms with Crippen molar-refractivity contribution < 1.29 is 22.6 Å². The molecule has 1 aromatic carbocycles. The van der Waals surface area contributed by atoms with E-state index in [2.05, 4.69) is 20.3 Å². The highest BCUT2D eigenvalue weighted by molar-refractivity contribution is 7.91. The molecule has 0 radical (unpaired) electrons. The molecule has 1 aromatic heterocycles. The van der Waals surface area contributed by atoms with Gasteiger partial charge >= 0.3 is 6.09 Å². The second kappa shape index (κ2) is 8.31. The summed E-state index contributed by atoms with van der Waals surface area (Å²) < 4.78 is 35.0. The molecule has 0 aliphatic heterocycles. The van der Waals surface area contributed by atoms with E-state index in [1.54, 1.807) is 39.0 Å². The maximum absolute atomic E-state index is 12.6. The summed E-state index contributed by atoms with van der Waals surface area (Å²) in [7, 11) is -3.76. The second-order valence-corrected chi connectivity index (χ2v) is 8.58. The Balaban J connectivity index is 1.87. The van der Waals surface area contributed by atoms with E-state index in [-0.39, 0.29) is 15.6 Å². The monoisotopic (exact) mass is 381 g/mol. The number of alkyl carbamates (subject to hydrolysis) is 1. The van der Waals surface area contributed by atoms with Gasteiger partial charge in [0, 0.05) is 6.54 Å². The summed E-state index contributed by atoms with van der Waals surface area (Å²) in [5.74, 6) is 0. The van der Waals surface area contributed by atoms with Gasteiger partial charge in [-0.1, -0.05) is 23.4 Å². The zero-order chi connectivity index (χ0) is 19.2. The van der Waals surface area contributed by atoms with Crippen molar-refractivity contribution in [1.29, 1.82) is 0 Å². The minimum atomic E-state index is -3.76. The van der Waals surface area contributed by atoms with Crippen LogP contribution in [0.4, 0.5) is 4.79 Å². The number of benzene rings is 1. The molecule has 2 rings (SSSR count). The van der Waals surface area contributed by atoms with Gasteiger partial charge in [0.15, 0.2) is 0 Å². The third kappa shape index (κ3) is 5.55. The van der Waals surface area contributed by atoms with Gasteiger partial charge in [0.25, 0.3) is 0 Å². The Labute approximate surface area is 152 Å². The van der Waals surface area contributed by atoms with E-state index < -0.39 is 21.5 Å². The molecular formula is C17H23N3O5S. The molecule has 0 fully saturated rings. The van der Waals surface area contributed by atoms with Gasteiger partial charge in [-0.05, 0) is 57.3 Å². The highest BCUT2D eigenvalue weighted by atomic mass is 32.2. The highest BCUT2D eigenvalue weighted by Gasteiger charge is 2.26. The molecule has 1 heterocycles. The van der Waals surface area contributed by atoms with Crippen molar-refractivity contribution in [2.45, 2.75) is 55.6 Å². The zero-order valence-corrected chi connectivity index (χ0v) is 15.9. The van der Waals surface area contributed by atoms with E-state index >= 15 is 0 Å². The largest absolute Gasteiger partial charge is 0.444 e. The molecule has 0 aliphatic carbocycles. The fourth-order valence-electron chi connectivity index (χ4n) is 2.19. The van der Waals surface area contributed by atoms with Crippen molar-refractivity contribution in [2.75, 3.05) is 6.54 Å². The molecule has 0 atom stereocenters. The van der Waals surface area contributed by atoms with E-state index in [1.165, 1.54) is 12.1 Å². The first-order chi connectivity index (χ1) is 12.2. The molecule has 1 N–H and O–H groups in total. The Morgan fingerprint density at radius 3 is 2.50 bits per heavy atom. The normalized spacial score (nSPS) is 12.0. The molecule has 0 unspecified atom stereocenters. The zero-order valence-electron chi connectivity index (χ0n) is 15.1. The van der Waals surface area contributed by atoms with Crippen LogP contribution in [-0.4, -0.2) is 37.0 Å². The van der Waals surface area contributed by atoms with Crippen molar-refractivity contribution in [1.82, 2.24) is 15.6 Å². The molecule has 0 spiro atoms. The highest BCUT2D eigenvalue weighted by Crippen LogP contribution is 2.22. The van der Waals surface area contributed by atoms with Gasteiger partial charge in [-0.3, -0.25) is 0 Å². The number of carbonyl (C=O) groups is 1. The van der Waals surface area contributed by atoms with E-state index in [0.717, 1.165) is 0 Å². The van der Waals surface area contributed by atoms with Crippen LogP contribution in [-0.2, 0) is 21.0 Å². The predicted molar refractivity (Wildman–Crippen MR) is 93.4 cm³/mol. The fourth-order valence-corrected chi connectivity index (χ4v) is 3.51. The molecule has 2 aromatic rings. The Kier molecular flexibility index (Phi) is 6.36. The van der Waals surface area contributed by atoms with Gasteiger partial charge in [0.05, 0.1) is 4.90 Å². The number of rotatable bonds is 7. The smallest absolute Gasteiger partial charge is 0.407 e. The molecule has 0 aliphatic rings. The average molecular weight is 381 g/mol. The lowest BCUT2D eigenvalue weighted by atomic mass is 10.2. The lowest BCUT2D eigenvalue weighted by molar-refractivity contribution is 0.0527. The van der Waals surface area contributed by atoms with Crippen molar-refractivity contribution in [3.05, 3.63) is 36.0 Å². The minimum absolute atomic E-state index is 0.142. The van der Waals surface area contributed by atoms with Crippen molar-refractivity contribution in [3.63, 3.8) is 0 Å². The van der Waals surface area contributed by atoms with Gasteiger partial charge in [-0.15, -0.1) is 0 Å². The van der Waals surface area contributed by atoms with Crippen LogP contribution in [0.1, 0.15) is 39.3 Å². The van der Waals surface area contributed by atoms with Gasteiger partial charge in [-0.25, -0.2) is 17.8 Å². The summed E-state index contributed by atoms with van der Waals surface area (Å²) in [6.07, 6.45) is 1.15. The van der Waals surface area contributed by atoms with Crippen molar-refractivity contribution in [2.24, 2.45) is 0 Å².